The quantitative estimate of drug-likeness (QED) is 0.355. The zero-order valence-electron chi connectivity index (χ0n) is 21.3. The fraction of sp³-hybridized carbons (Fsp3) is 0.310. The Morgan fingerprint density at radius 3 is 2.47 bits per heavy atom. The van der Waals surface area contributed by atoms with Crippen LogP contribution in [0.4, 0.5) is 11.6 Å². The molecule has 2 aromatic carbocycles. The minimum atomic E-state index is 0.585. The molecule has 0 amide bonds. The van der Waals surface area contributed by atoms with Crippen LogP contribution in [-0.4, -0.2) is 58.7 Å². The van der Waals surface area contributed by atoms with Crippen LogP contribution < -0.4 is 4.90 Å². The normalized spacial score (nSPS) is 14.7. The molecule has 3 heterocycles. The number of aryl methyl sites for hydroxylation is 1. The Bertz CT molecular complexity index is 1450. The molecule has 1 fully saturated rings. The molecule has 1 aliphatic heterocycles. The Labute approximate surface area is 212 Å². The minimum Gasteiger partial charge on any atom is -0.342 e. The van der Waals surface area contributed by atoms with Crippen molar-refractivity contribution in [1.29, 1.82) is 5.26 Å². The van der Waals surface area contributed by atoms with Crippen LogP contribution in [0.2, 0.25) is 0 Å². The van der Waals surface area contributed by atoms with E-state index in [1.807, 2.05) is 49.8 Å². The number of aliphatic imine (C=N–C) groups is 1. The molecular formula is C29H31N7. The molecule has 7 nitrogen and oxygen atoms in total. The van der Waals surface area contributed by atoms with E-state index in [1.165, 1.54) is 0 Å². The molecule has 0 saturated carbocycles. The van der Waals surface area contributed by atoms with Crippen molar-refractivity contribution in [2.75, 3.05) is 32.1 Å². The highest BCUT2D eigenvalue weighted by Crippen LogP contribution is 2.38. The van der Waals surface area contributed by atoms with Crippen LogP contribution in [0.5, 0.6) is 0 Å². The third-order valence-corrected chi connectivity index (χ3v) is 7.06. The van der Waals surface area contributed by atoms with Gasteiger partial charge in [0.25, 0.3) is 0 Å². The van der Waals surface area contributed by atoms with E-state index in [4.69, 9.17) is 9.97 Å². The van der Waals surface area contributed by atoms with Crippen molar-refractivity contribution in [2.24, 2.45) is 4.99 Å². The number of anilines is 1. The largest absolute Gasteiger partial charge is 0.342 e. The lowest BCUT2D eigenvalue weighted by Gasteiger charge is -2.36. The Balaban J connectivity index is 1.71. The number of imidazole rings is 1. The fourth-order valence-electron chi connectivity index (χ4n) is 4.99. The lowest BCUT2D eigenvalue weighted by atomic mass is 9.97. The highest BCUT2D eigenvalue weighted by molar-refractivity contribution is 5.92. The van der Waals surface area contributed by atoms with Gasteiger partial charge in [-0.05, 0) is 70.1 Å². The third-order valence-electron chi connectivity index (χ3n) is 7.06. The molecule has 2 aromatic heterocycles. The summed E-state index contributed by atoms with van der Waals surface area (Å²) in [5.74, 6) is 0.904. The third kappa shape index (κ3) is 4.36. The van der Waals surface area contributed by atoms with Gasteiger partial charge in [0.05, 0.1) is 28.6 Å². The maximum Gasteiger partial charge on any atom is 0.211 e. The Morgan fingerprint density at radius 2 is 1.81 bits per heavy atom. The molecule has 36 heavy (non-hydrogen) atoms. The smallest absolute Gasteiger partial charge is 0.211 e. The first-order valence-electron chi connectivity index (χ1n) is 12.4. The number of benzene rings is 2. The number of fused-ring (bicyclic) bond motifs is 1. The first-order chi connectivity index (χ1) is 17.5. The van der Waals surface area contributed by atoms with Crippen molar-refractivity contribution in [3.05, 3.63) is 66.0 Å². The van der Waals surface area contributed by atoms with Crippen LogP contribution in [0.1, 0.15) is 30.9 Å². The topological polar surface area (TPSA) is 72.8 Å². The Hall–Kier alpha value is -4.02. The molecule has 7 heteroatoms. The molecule has 0 spiro atoms. The highest BCUT2D eigenvalue weighted by Gasteiger charge is 2.26. The number of aromatic nitrogens is 3. The van der Waals surface area contributed by atoms with Gasteiger partial charge in [-0.15, -0.1) is 0 Å². The Morgan fingerprint density at radius 1 is 1.08 bits per heavy atom. The second kappa shape index (κ2) is 9.92. The summed E-state index contributed by atoms with van der Waals surface area (Å²) in [5.41, 5.74) is 7.34. The molecular weight excluding hydrogens is 446 g/mol. The van der Waals surface area contributed by atoms with Gasteiger partial charge in [0.1, 0.15) is 5.65 Å². The molecule has 5 rings (SSSR count). The molecule has 0 bridgehead atoms. The summed E-state index contributed by atoms with van der Waals surface area (Å²) in [7, 11) is 4.31. The van der Waals surface area contributed by atoms with Gasteiger partial charge in [-0.2, -0.15) is 5.26 Å². The van der Waals surface area contributed by atoms with E-state index in [2.05, 4.69) is 64.5 Å². The minimum absolute atomic E-state index is 0.585. The standard InChI is InChI=1S/C29H31N7/c1-5-31-25-18-23(9-6-20(25)2)26-27(22-10-7-21(19-30)8-11-22)33-29(36-17-14-32-28(26)36)35-15-12-24(13-16-35)34(3)4/h5-11,14,17-18,24H,12-13,15-16H2,1-4H3. The predicted octanol–water partition coefficient (Wildman–Crippen LogP) is 5.50. The van der Waals surface area contributed by atoms with Crippen molar-refractivity contribution < 1.29 is 0 Å². The van der Waals surface area contributed by atoms with Crippen molar-refractivity contribution in [3.63, 3.8) is 0 Å². The average molecular weight is 478 g/mol. The SMILES string of the molecule is CC=Nc1cc(-c2c(-c3ccc(C#N)cc3)nc(N3CCC(N(C)C)CC3)n3ccnc23)ccc1C. The second-order valence-corrected chi connectivity index (χ2v) is 9.52. The van der Waals surface area contributed by atoms with Crippen LogP contribution >= 0.6 is 0 Å². The van der Waals surface area contributed by atoms with E-state index in [1.54, 1.807) is 0 Å². The fourth-order valence-corrected chi connectivity index (χ4v) is 4.99. The summed E-state index contributed by atoms with van der Waals surface area (Å²) in [6.45, 7) is 5.87. The van der Waals surface area contributed by atoms with Gasteiger partial charge in [-0.1, -0.05) is 24.3 Å². The molecule has 1 saturated heterocycles. The van der Waals surface area contributed by atoms with Crippen LogP contribution in [-0.2, 0) is 0 Å². The zero-order valence-corrected chi connectivity index (χ0v) is 21.3. The molecule has 0 N–H and O–H groups in total. The summed E-state index contributed by atoms with van der Waals surface area (Å²) >= 11 is 0. The van der Waals surface area contributed by atoms with Crippen molar-refractivity contribution in [3.8, 4) is 28.5 Å². The van der Waals surface area contributed by atoms with Gasteiger partial charge in [-0.3, -0.25) is 9.39 Å². The predicted molar refractivity (Wildman–Crippen MR) is 146 cm³/mol. The highest BCUT2D eigenvalue weighted by atomic mass is 15.3. The second-order valence-electron chi connectivity index (χ2n) is 9.52. The van der Waals surface area contributed by atoms with Crippen LogP contribution in [0.15, 0.2) is 59.9 Å². The van der Waals surface area contributed by atoms with E-state index >= 15 is 0 Å². The number of rotatable bonds is 5. The summed E-state index contributed by atoms with van der Waals surface area (Å²) in [6, 6.07) is 16.8. The van der Waals surface area contributed by atoms with E-state index in [9.17, 15) is 5.26 Å². The maximum atomic E-state index is 9.32. The number of nitrogens with zero attached hydrogens (tertiary/aromatic N) is 7. The molecule has 1 aliphatic rings. The zero-order chi connectivity index (χ0) is 25.2. The van der Waals surface area contributed by atoms with Crippen LogP contribution in [0.25, 0.3) is 28.0 Å². The van der Waals surface area contributed by atoms with Gasteiger partial charge in [0, 0.05) is 43.3 Å². The number of hydrogen-bond donors (Lipinski definition) is 0. The van der Waals surface area contributed by atoms with Crippen molar-refractivity contribution in [1.82, 2.24) is 19.3 Å². The van der Waals surface area contributed by atoms with Gasteiger partial charge in [0.15, 0.2) is 0 Å². The van der Waals surface area contributed by atoms with Crippen molar-refractivity contribution in [2.45, 2.75) is 32.7 Å². The van der Waals surface area contributed by atoms with Gasteiger partial charge in [-0.25, -0.2) is 9.97 Å². The van der Waals surface area contributed by atoms with E-state index < -0.39 is 0 Å². The summed E-state index contributed by atoms with van der Waals surface area (Å²) < 4.78 is 2.11. The van der Waals surface area contributed by atoms with Gasteiger partial charge >= 0.3 is 0 Å². The summed E-state index contributed by atoms with van der Waals surface area (Å²) in [6.07, 6.45) is 7.85. The molecule has 0 aliphatic carbocycles. The molecule has 182 valence electrons. The number of piperidine rings is 1. The van der Waals surface area contributed by atoms with Crippen molar-refractivity contribution >= 4 is 23.5 Å². The summed E-state index contributed by atoms with van der Waals surface area (Å²) in [4.78, 5) is 19.4. The van der Waals surface area contributed by atoms with Gasteiger partial charge < -0.3 is 9.80 Å². The van der Waals surface area contributed by atoms with E-state index in [0.717, 1.165) is 71.2 Å². The maximum absolute atomic E-state index is 9.32. The van der Waals surface area contributed by atoms with Crippen LogP contribution in [0.3, 0.4) is 0 Å². The number of nitriles is 1. The van der Waals surface area contributed by atoms with E-state index in [-0.39, 0.29) is 0 Å². The monoisotopic (exact) mass is 477 g/mol. The van der Waals surface area contributed by atoms with Gasteiger partial charge in [0.2, 0.25) is 5.95 Å². The van der Waals surface area contributed by atoms with E-state index in [0.29, 0.717) is 11.6 Å². The number of hydrogen-bond acceptors (Lipinski definition) is 6. The first-order valence-corrected chi connectivity index (χ1v) is 12.4. The molecule has 0 atom stereocenters. The summed E-state index contributed by atoms with van der Waals surface area (Å²) in [5, 5.41) is 9.32. The average Bonchev–Trinajstić information content (AvgIpc) is 3.39. The molecule has 4 aromatic rings. The molecule has 0 unspecified atom stereocenters. The molecule has 0 radical (unpaired) electrons. The Kier molecular flexibility index (Phi) is 6.53. The lowest BCUT2D eigenvalue weighted by Crippen LogP contribution is -2.43. The van der Waals surface area contributed by atoms with Crippen LogP contribution in [0, 0.1) is 18.3 Å². The first kappa shape index (κ1) is 23.7. The lowest BCUT2D eigenvalue weighted by molar-refractivity contribution is 0.249.